The van der Waals surface area contributed by atoms with Crippen LogP contribution in [0.3, 0.4) is 0 Å². The SMILES string of the molecule is c1ccc2c(c1)oc1c(-c3c4ccccc4c(-c4cccc5c4oc4ccc6ccoc6c45)c4ccccc34)cccc12. The molecular formula is C40H22O3. The van der Waals surface area contributed by atoms with Gasteiger partial charge in [-0.25, -0.2) is 0 Å². The predicted molar refractivity (Wildman–Crippen MR) is 177 cm³/mol. The van der Waals surface area contributed by atoms with E-state index in [4.69, 9.17) is 13.3 Å². The summed E-state index contributed by atoms with van der Waals surface area (Å²) in [5.74, 6) is 0. The largest absolute Gasteiger partial charge is 0.464 e. The Hall–Kier alpha value is -5.80. The zero-order valence-corrected chi connectivity index (χ0v) is 22.9. The third-order valence-electron chi connectivity index (χ3n) is 8.95. The molecule has 0 unspecified atom stereocenters. The van der Waals surface area contributed by atoms with Gasteiger partial charge in [-0.3, -0.25) is 0 Å². The maximum atomic E-state index is 6.64. The number of benzene rings is 7. The van der Waals surface area contributed by atoms with Crippen molar-refractivity contribution in [1.82, 2.24) is 0 Å². The van der Waals surface area contributed by atoms with E-state index in [-0.39, 0.29) is 0 Å². The Bertz CT molecular complexity index is 2680. The summed E-state index contributed by atoms with van der Waals surface area (Å²) in [6.45, 7) is 0. The van der Waals surface area contributed by atoms with Crippen molar-refractivity contribution < 1.29 is 13.3 Å². The van der Waals surface area contributed by atoms with E-state index in [1.54, 1.807) is 6.26 Å². The molecule has 0 N–H and O–H groups in total. The number of hydrogen-bond donors (Lipinski definition) is 0. The quantitative estimate of drug-likeness (QED) is 0.201. The first kappa shape index (κ1) is 22.8. The van der Waals surface area contributed by atoms with E-state index < -0.39 is 0 Å². The van der Waals surface area contributed by atoms with E-state index in [2.05, 4.69) is 103 Å². The Morgan fingerprint density at radius 3 is 1.56 bits per heavy atom. The average molecular weight is 551 g/mol. The Balaban J connectivity index is 1.36. The molecule has 3 heterocycles. The second-order valence-electron chi connectivity index (χ2n) is 11.2. The molecular weight excluding hydrogens is 528 g/mol. The predicted octanol–water partition coefficient (Wildman–Crippen LogP) is 11.9. The summed E-state index contributed by atoms with van der Waals surface area (Å²) >= 11 is 0. The monoisotopic (exact) mass is 550 g/mol. The van der Waals surface area contributed by atoms with Crippen molar-refractivity contribution in [2.24, 2.45) is 0 Å². The van der Waals surface area contributed by atoms with E-state index in [1.807, 2.05) is 24.3 Å². The first-order valence-corrected chi connectivity index (χ1v) is 14.5. The summed E-state index contributed by atoms with van der Waals surface area (Å²) < 4.78 is 19.1. The van der Waals surface area contributed by atoms with Crippen LogP contribution < -0.4 is 0 Å². The molecule has 0 bridgehead atoms. The van der Waals surface area contributed by atoms with Crippen LogP contribution in [0.15, 0.2) is 147 Å². The van der Waals surface area contributed by atoms with Gasteiger partial charge in [-0.05, 0) is 45.8 Å². The molecule has 0 fully saturated rings. The highest BCUT2D eigenvalue weighted by Gasteiger charge is 2.23. The second-order valence-corrected chi connectivity index (χ2v) is 11.2. The van der Waals surface area contributed by atoms with Crippen LogP contribution in [-0.2, 0) is 0 Å². The van der Waals surface area contributed by atoms with E-state index in [9.17, 15) is 0 Å². The summed E-state index contributed by atoms with van der Waals surface area (Å²) in [6, 6.07) is 44.7. The minimum atomic E-state index is 0.826. The van der Waals surface area contributed by atoms with Crippen LogP contribution in [-0.4, -0.2) is 0 Å². The van der Waals surface area contributed by atoms with Crippen LogP contribution in [0.4, 0.5) is 0 Å². The Morgan fingerprint density at radius 2 is 0.884 bits per heavy atom. The van der Waals surface area contributed by atoms with Gasteiger partial charge in [-0.2, -0.15) is 0 Å². The molecule has 10 aromatic rings. The lowest BCUT2D eigenvalue weighted by Crippen LogP contribution is -1.91. The topological polar surface area (TPSA) is 39.4 Å². The fourth-order valence-electron chi connectivity index (χ4n) is 7.16. The smallest absolute Gasteiger partial charge is 0.145 e. The van der Waals surface area contributed by atoms with Gasteiger partial charge < -0.3 is 13.3 Å². The van der Waals surface area contributed by atoms with Gasteiger partial charge in [0.15, 0.2) is 0 Å². The third-order valence-corrected chi connectivity index (χ3v) is 8.95. The van der Waals surface area contributed by atoms with E-state index in [0.717, 1.165) is 71.5 Å². The molecule has 3 aromatic heterocycles. The van der Waals surface area contributed by atoms with Crippen molar-refractivity contribution in [3.63, 3.8) is 0 Å². The molecule has 0 radical (unpaired) electrons. The molecule has 0 aliphatic carbocycles. The normalized spacial score (nSPS) is 12.2. The van der Waals surface area contributed by atoms with Crippen molar-refractivity contribution in [3.05, 3.63) is 134 Å². The van der Waals surface area contributed by atoms with Crippen molar-refractivity contribution in [2.45, 2.75) is 0 Å². The van der Waals surface area contributed by atoms with Crippen molar-refractivity contribution in [3.8, 4) is 22.3 Å². The number of rotatable bonds is 2. The number of furan rings is 3. The standard InChI is InChI=1S/C40H22O3/c1-3-12-27-25(10-1)35(30-15-7-14-29-24-9-5-6-18-33(24)42-39(29)30)26-11-2-4-13-28(26)36(27)31-16-8-17-32-37-34(43-40(31)32)20-19-23-21-22-41-38(23)37/h1-22H. The zero-order chi connectivity index (χ0) is 28.1. The summed E-state index contributed by atoms with van der Waals surface area (Å²) in [4.78, 5) is 0. The number of para-hydroxylation sites is 3. The molecule has 0 saturated heterocycles. The molecule has 0 aliphatic heterocycles. The van der Waals surface area contributed by atoms with Gasteiger partial charge in [-0.1, -0.05) is 103 Å². The highest BCUT2D eigenvalue weighted by atomic mass is 16.3. The van der Waals surface area contributed by atoms with Crippen LogP contribution in [0, 0.1) is 0 Å². The average Bonchev–Trinajstić information content (AvgIpc) is 3.78. The molecule has 0 amide bonds. The van der Waals surface area contributed by atoms with Gasteiger partial charge in [-0.15, -0.1) is 0 Å². The van der Waals surface area contributed by atoms with Crippen LogP contribution in [0.2, 0.25) is 0 Å². The molecule has 10 rings (SSSR count). The zero-order valence-electron chi connectivity index (χ0n) is 22.9. The van der Waals surface area contributed by atoms with E-state index in [1.165, 1.54) is 27.1 Å². The minimum Gasteiger partial charge on any atom is -0.464 e. The lowest BCUT2D eigenvalue weighted by atomic mass is 9.85. The molecule has 7 aromatic carbocycles. The van der Waals surface area contributed by atoms with Gasteiger partial charge in [0.2, 0.25) is 0 Å². The lowest BCUT2D eigenvalue weighted by molar-refractivity contribution is 0.618. The highest BCUT2D eigenvalue weighted by molar-refractivity contribution is 6.27. The molecule has 200 valence electrons. The van der Waals surface area contributed by atoms with E-state index in [0.29, 0.717) is 0 Å². The second kappa shape index (κ2) is 8.37. The van der Waals surface area contributed by atoms with Crippen LogP contribution in [0.25, 0.3) is 98.6 Å². The molecule has 0 saturated carbocycles. The summed E-state index contributed by atoms with van der Waals surface area (Å²) in [6.07, 6.45) is 1.75. The molecule has 0 spiro atoms. The minimum absolute atomic E-state index is 0.826. The van der Waals surface area contributed by atoms with Gasteiger partial charge in [0.05, 0.1) is 11.6 Å². The summed E-state index contributed by atoms with van der Waals surface area (Å²) in [5, 5.41) is 10.1. The molecule has 0 atom stereocenters. The first-order valence-electron chi connectivity index (χ1n) is 14.5. The van der Waals surface area contributed by atoms with Gasteiger partial charge in [0.25, 0.3) is 0 Å². The third kappa shape index (κ3) is 3.03. The molecule has 3 heteroatoms. The van der Waals surface area contributed by atoms with Crippen LogP contribution >= 0.6 is 0 Å². The molecule has 3 nitrogen and oxygen atoms in total. The van der Waals surface area contributed by atoms with Crippen molar-refractivity contribution in [1.29, 1.82) is 0 Å². The number of fused-ring (bicyclic) bond motifs is 10. The fourth-order valence-corrected chi connectivity index (χ4v) is 7.16. The first-order chi connectivity index (χ1) is 21.3. The lowest BCUT2D eigenvalue weighted by Gasteiger charge is -2.18. The Kier molecular flexibility index (Phi) is 4.45. The van der Waals surface area contributed by atoms with Crippen molar-refractivity contribution >= 4 is 76.4 Å². The van der Waals surface area contributed by atoms with Gasteiger partial charge >= 0.3 is 0 Å². The fraction of sp³-hybridized carbons (Fsp3) is 0. The summed E-state index contributed by atoms with van der Waals surface area (Å²) in [5.41, 5.74) is 8.85. The van der Waals surface area contributed by atoms with Crippen LogP contribution in [0.5, 0.6) is 0 Å². The van der Waals surface area contributed by atoms with Crippen LogP contribution in [0.1, 0.15) is 0 Å². The molecule has 43 heavy (non-hydrogen) atoms. The molecule has 0 aliphatic rings. The summed E-state index contributed by atoms with van der Waals surface area (Å²) in [7, 11) is 0. The number of hydrogen-bond acceptors (Lipinski definition) is 3. The highest BCUT2D eigenvalue weighted by Crippen LogP contribution is 2.48. The Labute approximate surface area is 245 Å². The maximum absolute atomic E-state index is 6.64. The van der Waals surface area contributed by atoms with Crippen molar-refractivity contribution in [2.75, 3.05) is 0 Å². The Morgan fingerprint density at radius 1 is 0.349 bits per heavy atom. The van der Waals surface area contributed by atoms with Gasteiger partial charge in [0, 0.05) is 43.8 Å². The van der Waals surface area contributed by atoms with E-state index >= 15 is 0 Å². The van der Waals surface area contributed by atoms with Gasteiger partial charge in [0.1, 0.15) is 27.9 Å². The maximum Gasteiger partial charge on any atom is 0.145 e.